The van der Waals surface area contributed by atoms with Gasteiger partial charge >= 0.3 is 0 Å². The molecule has 3 aromatic rings. The van der Waals surface area contributed by atoms with Gasteiger partial charge in [0.15, 0.2) is 11.4 Å². The summed E-state index contributed by atoms with van der Waals surface area (Å²) in [5, 5.41) is 10.9. The normalized spacial score (nSPS) is 12.6. The second kappa shape index (κ2) is 4.98. The van der Waals surface area contributed by atoms with Gasteiger partial charge in [0, 0.05) is 5.39 Å². The molecule has 0 saturated heterocycles. The molecule has 1 N–H and O–H groups in total. The molecule has 0 bridgehead atoms. The Balaban J connectivity index is 1.98. The summed E-state index contributed by atoms with van der Waals surface area (Å²) in [5.74, 6) is 0.586. The molecule has 1 atom stereocenters. The van der Waals surface area contributed by atoms with Crippen molar-refractivity contribution in [2.24, 2.45) is 0 Å². The van der Waals surface area contributed by atoms with E-state index < -0.39 is 11.9 Å². The van der Waals surface area contributed by atoms with Crippen LogP contribution in [0, 0.1) is 5.82 Å². The Morgan fingerprint density at radius 2 is 1.90 bits per heavy atom. The van der Waals surface area contributed by atoms with E-state index in [1.54, 1.807) is 49.6 Å². The van der Waals surface area contributed by atoms with E-state index in [0.717, 1.165) is 0 Å². The van der Waals surface area contributed by atoms with Crippen LogP contribution in [0.1, 0.15) is 17.4 Å². The second-order valence-electron chi connectivity index (χ2n) is 4.48. The average molecular weight is 272 g/mol. The first kappa shape index (κ1) is 12.7. The van der Waals surface area contributed by atoms with E-state index in [9.17, 15) is 9.50 Å². The molecule has 2 aromatic carbocycles. The van der Waals surface area contributed by atoms with Gasteiger partial charge in [-0.3, -0.25) is 0 Å². The molecule has 3 rings (SSSR count). The Bertz CT molecular complexity index is 731. The number of furan rings is 1. The summed E-state index contributed by atoms with van der Waals surface area (Å²) in [6, 6.07) is 13.3. The third-order valence-electron chi connectivity index (χ3n) is 3.22. The molecule has 1 heterocycles. The summed E-state index contributed by atoms with van der Waals surface area (Å²) in [6.07, 6.45) is -0.937. The molecule has 4 heteroatoms. The van der Waals surface area contributed by atoms with Gasteiger partial charge < -0.3 is 14.3 Å². The summed E-state index contributed by atoms with van der Waals surface area (Å²) >= 11 is 0. The smallest absolute Gasteiger partial charge is 0.170 e. The van der Waals surface area contributed by atoms with Crippen LogP contribution in [0.2, 0.25) is 0 Å². The van der Waals surface area contributed by atoms with Gasteiger partial charge in [-0.25, -0.2) is 4.39 Å². The predicted molar refractivity (Wildman–Crippen MR) is 73.2 cm³/mol. The molecule has 0 aliphatic rings. The van der Waals surface area contributed by atoms with Crippen molar-refractivity contribution in [3.8, 4) is 5.75 Å². The maximum absolute atomic E-state index is 13.6. The standard InChI is InChI=1S/C16H13FO3/c1-19-12-7-5-10(6-8-12)15(18)14-9-11-3-2-4-13(17)16(11)20-14/h2-9,15,18H,1H3. The van der Waals surface area contributed by atoms with E-state index in [1.165, 1.54) is 6.07 Å². The van der Waals surface area contributed by atoms with Gasteiger partial charge in [0.05, 0.1) is 7.11 Å². The van der Waals surface area contributed by atoms with Crippen LogP contribution in [0.3, 0.4) is 0 Å². The fraction of sp³-hybridized carbons (Fsp3) is 0.125. The fourth-order valence-corrected chi connectivity index (χ4v) is 2.13. The third-order valence-corrected chi connectivity index (χ3v) is 3.22. The first-order valence-electron chi connectivity index (χ1n) is 6.19. The number of hydrogen-bond donors (Lipinski definition) is 1. The zero-order valence-corrected chi connectivity index (χ0v) is 10.8. The minimum Gasteiger partial charge on any atom is -0.497 e. The van der Waals surface area contributed by atoms with Gasteiger partial charge in [0.25, 0.3) is 0 Å². The van der Waals surface area contributed by atoms with Gasteiger partial charge in [-0.2, -0.15) is 0 Å². The molecule has 0 amide bonds. The largest absolute Gasteiger partial charge is 0.497 e. The lowest BCUT2D eigenvalue weighted by Crippen LogP contribution is -1.97. The van der Waals surface area contributed by atoms with Crippen molar-refractivity contribution in [3.63, 3.8) is 0 Å². The Kier molecular flexibility index (Phi) is 3.16. The number of aliphatic hydroxyl groups excluding tert-OH is 1. The van der Waals surface area contributed by atoms with Crippen LogP contribution in [0.15, 0.2) is 52.9 Å². The lowest BCUT2D eigenvalue weighted by Gasteiger charge is -2.08. The van der Waals surface area contributed by atoms with E-state index in [-0.39, 0.29) is 5.58 Å². The molecule has 0 saturated carbocycles. The Labute approximate surface area is 115 Å². The average Bonchev–Trinajstić information content (AvgIpc) is 2.92. The van der Waals surface area contributed by atoms with Crippen molar-refractivity contribution < 1.29 is 18.7 Å². The summed E-state index contributed by atoms with van der Waals surface area (Å²) in [7, 11) is 1.58. The van der Waals surface area contributed by atoms with Crippen LogP contribution in [-0.2, 0) is 0 Å². The number of para-hydroxylation sites is 1. The number of benzene rings is 2. The molecule has 0 aliphatic carbocycles. The van der Waals surface area contributed by atoms with Crippen molar-refractivity contribution >= 4 is 11.0 Å². The molecule has 0 aliphatic heterocycles. The van der Waals surface area contributed by atoms with Crippen LogP contribution in [0.4, 0.5) is 4.39 Å². The summed E-state index contributed by atoms with van der Waals surface area (Å²) < 4.78 is 24.1. The number of rotatable bonds is 3. The zero-order chi connectivity index (χ0) is 14.1. The number of fused-ring (bicyclic) bond motifs is 1. The van der Waals surface area contributed by atoms with Gasteiger partial charge in [0.2, 0.25) is 0 Å². The monoisotopic (exact) mass is 272 g/mol. The van der Waals surface area contributed by atoms with Gasteiger partial charge in [-0.1, -0.05) is 24.3 Å². The zero-order valence-electron chi connectivity index (χ0n) is 10.8. The molecule has 20 heavy (non-hydrogen) atoms. The lowest BCUT2D eigenvalue weighted by atomic mass is 10.1. The minimum absolute atomic E-state index is 0.162. The first-order valence-corrected chi connectivity index (χ1v) is 6.19. The molecule has 0 fully saturated rings. The Morgan fingerprint density at radius 3 is 2.55 bits per heavy atom. The molecular weight excluding hydrogens is 259 g/mol. The second-order valence-corrected chi connectivity index (χ2v) is 4.48. The molecule has 0 spiro atoms. The van der Waals surface area contributed by atoms with Crippen LogP contribution in [-0.4, -0.2) is 12.2 Å². The highest BCUT2D eigenvalue weighted by molar-refractivity contribution is 5.78. The van der Waals surface area contributed by atoms with E-state index in [2.05, 4.69) is 0 Å². The molecule has 1 aromatic heterocycles. The third kappa shape index (κ3) is 2.14. The molecule has 1 unspecified atom stereocenters. The SMILES string of the molecule is COc1ccc(C(O)c2cc3cccc(F)c3o2)cc1. The van der Waals surface area contributed by atoms with Crippen LogP contribution in [0.5, 0.6) is 5.75 Å². The lowest BCUT2D eigenvalue weighted by molar-refractivity contribution is 0.192. The number of ether oxygens (including phenoxy) is 1. The van der Waals surface area contributed by atoms with Crippen molar-refractivity contribution in [1.29, 1.82) is 0 Å². The van der Waals surface area contributed by atoms with Crippen LogP contribution < -0.4 is 4.74 Å². The summed E-state index contributed by atoms with van der Waals surface area (Å²) in [6.45, 7) is 0. The number of halogens is 1. The number of methoxy groups -OCH3 is 1. The van der Waals surface area contributed by atoms with Crippen LogP contribution >= 0.6 is 0 Å². The van der Waals surface area contributed by atoms with Crippen molar-refractivity contribution in [2.45, 2.75) is 6.10 Å². The van der Waals surface area contributed by atoms with Crippen LogP contribution in [0.25, 0.3) is 11.0 Å². The van der Waals surface area contributed by atoms with E-state index >= 15 is 0 Å². The highest BCUT2D eigenvalue weighted by Crippen LogP contribution is 2.30. The number of aliphatic hydroxyl groups is 1. The Hall–Kier alpha value is -2.33. The van der Waals surface area contributed by atoms with E-state index in [1.807, 2.05) is 0 Å². The molecule has 3 nitrogen and oxygen atoms in total. The Morgan fingerprint density at radius 1 is 1.15 bits per heavy atom. The molecular formula is C16H13FO3. The van der Waals surface area contributed by atoms with E-state index in [0.29, 0.717) is 22.5 Å². The summed E-state index contributed by atoms with van der Waals surface area (Å²) in [4.78, 5) is 0. The maximum Gasteiger partial charge on any atom is 0.170 e. The summed E-state index contributed by atoms with van der Waals surface area (Å²) in [5.41, 5.74) is 0.820. The van der Waals surface area contributed by atoms with Gasteiger partial charge in [-0.05, 0) is 29.8 Å². The van der Waals surface area contributed by atoms with Gasteiger partial charge in [0.1, 0.15) is 17.6 Å². The topological polar surface area (TPSA) is 42.6 Å². The van der Waals surface area contributed by atoms with Crippen molar-refractivity contribution in [3.05, 3.63) is 65.7 Å². The maximum atomic E-state index is 13.6. The van der Waals surface area contributed by atoms with E-state index in [4.69, 9.17) is 9.15 Å². The highest BCUT2D eigenvalue weighted by atomic mass is 19.1. The number of hydrogen-bond acceptors (Lipinski definition) is 3. The minimum atomic E-state index is -0.937. The van der Waals surface area contributed by atoms with Gasteiger partial charge in [-0.15, -0.1) is 0 Å². The molecule has 102 valence electrons. The quantitative estimate of drug-likeness (QED) is 0.791. The fourth-order valence-electron chi connectivity index (χ4n) is 2.13. The first-order chi connectivity index (χ1) is 9.69. The van der Waals surface area contributed by atoms with Crippen molar-refractivity contribution in [2.75, 3.05) is 7.11 Å². The van der Waals surface area contributed by atoms with Crippen molar-refractivity contribution in [1.82, 2.24) is 0 Å². The molecule has 0 radical (unpaired) electrons. The highest BCUT2D eigenvalue weighted by Gasteiger charge is 2.17. The predicted octanol–water partition coefficient (Wildman–Crippen LogP) is 3.66.